The van der Waals surface area contributed by atoms with Crippen molar-refractivity contribution in [3.63, 3.8) is 0 Å². The quantitative estimate of drug-likeness (QED) is 0.173. The van der Waals surface area contributed by atoms with E-state index in [9.17, 15) is 19.2 Å². The maximum absolute atomic E-state index is 14.3. The van der Waals surface area contributed by atoms with Crippen molar-refractivity contribution in [2.75, 3.05) is 0 Å². The second-order valence-electron chi connectivity index (χ2n) is 12.2. The molecule has 4 aromatic rings. The predicted octanol–water partition coefficient (Wildman–Crippen LogP) is 5.02. The average Bonchev–Trinajstić information content (AvgIpc) is 3.08. The summed E-state index contributed by atoms with van der Waals surface area (Å²) in [6.07, 6.45) is 0.615. The SMILES string of the molecule is CC(C)CC(NC(=O)c1ccccc1)C(=O)[O][Pb]([O]C(=O)C(CC(C)C)NC(=O)c1ccccc1)([c]1ccccc1)[c]1ccccc1. The molecule has 47 heavy (non-hydrogen) atoms. The molecule has 0 spiro atoms. The van der Waals surface area contributed by atoms with Crippen LogP contribution in [0.15, 0.2) is 121 Å². The minimum absolute atomic E-state index is 0.0364. The van der Waals surface area contributed by atoms with E-state index in [1.807, 2.05) is 52.0 Å². The fraction of sp³-hybridized carbons (Fsp3) is 0.263. The van der Waals surface area contributed by atoms with Gasteiger partial charge in [0.1, 0.15) is 0 Å². The van der Waals surface area contributed by atoms with Crippen molar-refractivity contribution in [2.45, 2.75) is 52.6 Å². The molecular weight excluding hydrogens is 788 g/mol. The van der Waals surface area contributed by atoms with Gasteiger partial charge in [-0.1, -0.05) is 0 Å². The number of carbonyl (C=O) groups excluding carboxylic acids is 4. The zero-order valence-corrected chi connectivity index (χ0v) is 31.1. The number of benzene rings is 4. The van der Waals surface area contributed by atoms with Crippen LogP contribution >= 0.6 is 0 Å². The first-order chi connectivity index (χ1) is 22.6. The van der Waals surface area contributed by atoms with Gasteiger partial charge in [0.2, 0.25) is 0 Å². The van der Waals surface area contributed by atoms with Crippen LogP contribution in [0.1, 0.15) is 61.3 Å². The Kier molecular flexibility index (Phi) is 12.9. The minimum atomic E-state index is -5.43. The summed E-state index contributed by atoms with van der Waals surface area (Å²) >= 11 is -5.43. The molecule has 8 nitrogen and oxygen atoms in total. The first-order valence-electron chi connectivity index (χ1n) is 15.9. The molecule has 2 N–H and O–H groups in total. The molecular formula is C38H42N2O6Pb. The summed E-state index contributed by atoms with van der Waals surface area (Å²) in [5.74, 6) is -2.11. The van der Waals surface area contributed by atoms with E-state index in [-0.39, 0.29) is 11.8 Å². The van der Waals surface area contributed by atoms with Crippen LogP contribution in [0.3, 0.4) is 0 Å². The topological polar surface area (TPSA) is 111 Å². The standard InChI is InChI=1S/2C13H17NO3.2C6H5.Pb/c2*1-9(2)8-11(13(16)17)14-12(15)10-6-4-3-5-7-10;2*1-2-4-6-5-3-1;/h2*3-7,9,11H,8H2,1-2H3,(H,14,15)(H,16,17);2*1-5H;/q;;;;+2/p-2. The zero-order chi connectivity index (χ0) is 33.8. The first kappa shape index (κ1) is 35.5. The molecule has 0 fully saturated rings. The summed E-state index contributed by atoms with van der Waals surface area (Å²) in [7, 11) is 0. The van der Waals surface area contributed by atoms with Crippen molar-refractivity contribution in [3.8, 4) is 0 Å². The van der Waals surface area contributed by atoms with Crippen LogP contribution in [0.25, 0.3) is 0 Å². The molecule has 2 amide bonds. The molecule has 244 valence electrons. The monoisotopic (exact) mass is 830 g/mol. The Bertz CT molecular complexity index is 1490. The Labute approximate surface area is 282 Å². The van der Waals surface area contributed by atoms with Crippen molar-refractivity contribution in [1.82, 2.24) is 10.6 Å². The normalized spacial score (nSPS) is 12.6. The number of nitrogens with one attached hydrogen (secondary N) is 2. The Hall–Kier alpha value is -4.32. The summed E-state index contributed by atoms with van der Waals surface area (Å²) in [5.41, 5.74) is 0.821. The number of carbonyl (C=O) groups is 4. The van der Waals surface area contributed by atoms with Crippen LogP contribution in [0.5, 0.6) is 0 Å². The van der Waals surface area contributed by atoms with E-state index in [0.717, 1.165) is 0 Å². The van der Waals surface area contributed by atoms with E-state index in [2.05, 4.69) is 10.6 Å². The van der Waals surface area contributed by atoms with Crippen molar-refractivity contribution in [1.29, 1.82) is 0 Å². The molecule has 0 aliphatic carbocycles. The third kappa shape index (κ3) is 9.84. The predicted molar refractivity (Wildman–Crippen MR) is 184 cm³/mol. The first-order valence-corrected chi connectivity index (χ1v) is 22.9. The van der Waals surface area contributed by atoms with Crippen LogP contribution in [0, 0.1) is 11.8 Å². The fourth-order valence-electron chi connectivity index (χ4n) is 5.20. The fourth-order valence-corrected chi connectivity index (χ4v) is 16.7. The van der Waals surface area contributed by atoms with Crippen LogP contribution in [-0.2, 0) is 15.0 Å². The van der Waals surface area contributed by atoms with Gasteiger partial charge in [-0.2, -0.15) is 0 Å². The number of rotatable bonds is 14. The molecule has 0 bridgehead atoms. The molecule has 0 saturated carbocycles. The van der Waals surface area contributed by atoms with Gasteiger partial charge in [0, 0.05) is 0 Å². The van der Waals surface area contributed by atoms with Gasteiger partial charge in [-0.3, -0.25) is 0 Å². The van der Waals surface area contributed by atoms with E-state index in [4.69, 9.17) is 5.37 Å². The van der Waals surface area contributed by atoms with Crippen LogP contribution in [0.4, 0.5) is 0 Å². The van der Waals surface area contributed by atoms with Crippen LogP contribution in [0.2, 0.25) is 0 Å². The Balaban J connectivity index is 1.75. The van der Waals surface area contributed by atoms with Gasteiger partial charge in [0.05, 0.1) is 0 Å². The molecule has 2 unspecified atom stereocenters. The van der Waals surface area contributed by atoms with E-state index in [0.29, 0.717) is 30.2 Å². The van der Waals surface area contributed by atoms with Crippen LogP contribution in [-0.4, -0.2) is 57.9 Å². The molecule has 0 aliphatic rings. The molecule has 0 aromatic heterocycles. The van der Waals surface area contributed by atoms with E-state index in [1.165, 1.54) is 0 Å². The molecule has 4 rings (SSSR count). The molecule has 0 aliphatic heterocycles. The van der Waals surface area contributed by atoms with Crippen molar-refractivity contribution >= 4 is 52.1 Å². The van der Waals surface area contributed by atoms with Gasteiger partial charge in [0.15, 0.2) is 0 Å². The summed E-state index contributed by atoms with van der Waals surface area (Å²) in [4.78, 5) is 54.9. The van der Waals surface area contributed by atoms with Gasteiger partial charge >= 0.3 is 284 Å². The molecule has 0 heterocycles. The summed E-state index contributed by atoms with van der Waals surface area (Å²) in [5, 5.41) is 5.72. The number of hydrogen-bond acceptors (Lipinski definition) is 6. The molecule has 2 atom stereocenters. The number of amides is 2. The van der Waals surface area contributed by atoms with Crippen molar-refractivity contribution in [2.24, 2.45) is 11.8 Å². The van der Waals surface area contributed by atoms with E-state index >= 15 is 0 Å². The molecule has 0 radical (unpaired) electrons. The van der Waals surface area contributed by atoms with Gasteiger partial charge < -0.3 is 0 Å². The van der Waals surface area contributed by atoms with Gasteiger partial charge in [-0.05, 0) is 0 Å². The molecule has 4 aromatic carbocycles. The van der Waals surface area contributed by atoms with E-state index < -0.39 is 57.9 Å². The molecule has 9 heteroatoms. The summed E-state index contributed by atoms with van der Waals surface area (Å²) in [6, 6.07) is 33.4. The van der Waals surface area contributed by atoms with Gasteiger partial charge in [0.25, 0.3) is 0 Å². The van der Waals surface area contributed by atoms with Gasteiger partial charge in [-0.25, -0.2) is 0 Å². The Morgan fingerprint density at radius 2 is 0.809 bits per heavy atom. The summed E-state index contributed by atoms with van der Waals surface area (Å²) < 4.78 is 14.3. The molecule has 0 saturated heterocycles. The zero-order valence-electron chi connectivity index (χ0n) is 27.2. The second kappa shape index (κ2) is 17.0. The van der Waals surface area contributed by atoms with Crippen LogP contribution < -0.4 is 16.9 Å². The Morgan fingerprint density at radius 1 is 0.511 bits per heavy atom. The average molecular weight is 830 g/mol. The summed E-state index contributed by atoms with van der Waals surface area (Å²) in [6.45, 7) is 7.80. The Morgan fingerprint density at radius 3 is 1.11 bits per heavy atom. The van der Waals surface area contributed by atoms with E-state index in [1.54, 1.807) is 97.1 Å². The second-order valence-corrected chi connectivity index (χ2v) is 23.1. The third-order valence-corrected chi connectivity index (χ3v) is 19.8. The third-order valence-electron chi connectivity index (χ3n) is 7.46. The van der Waals surface area contributed by atoms with Crippen molar-refractivity contribution < 1.29 is 24.6 Å². The van der Waals surface area contributed by atoms with Crippen molar-refractivity contribution in [3.05, 3.63) is 132 Å². The van der Waals surface area contributed by atoms with Gasteiger partial charge in [-0.15, -0.1) is 0 Å². The maximum atomic E-state index is 14.3. The number of hydrogen-bond donors (Lipinski definition) is 2.